The van der Waals surface area contributed by atoms with Gasteiger partial charge in [0.25, 0.3) is 11.8 Å². The Hall–Kier alpha value is -4.53. The minimum Gasteiger partial charge on any atom is -0.478 e. The van der Waals surface area contributed by atoms with Gasteiger partial charge in [-0.2, -0.15) is 0 Å². The third-order valence-electron chi connectivity index (χ3n) is 5.97. The molecule has 0 bridgehead atoms. The maximum absolute atomic E-state index is 13.1. The van der Waals surface area contributed by atoms with E-state index in [-0.39, 0.29) is 45.5 Å². The van der Waals surface area contributed by atoms with Crippen LogP contribution in [-0.4, -0.2) is 39.8 Å². The maximum Gasteiger partial charge on any atom is 0.336 e. The van der Waals surface area contributed by atoms with Crippen molar-refractivity contribution in [2.45, 2.75) is 33.7 Å². The van der Waals surface area contributed by atoms with Crippen molar-refractivity contribution < 1.29 is 19.5 Å². The monoisotopic (exact) mass is 487 g/mol. The number of benzene rings is 2. The molecule has 186 valence electrons. The standard InChI is InChI=1S/C27H29N5O4/c1-15(27(2,3)4)31-24(33)17-7-10-19(21(13-17)26(35)36)22-14-30-12-11-20(22)25(34)32-18-8-5-16(6-9-18)23(28)29/h5-15H,1-4H3,(H3,28,29)(H,31,33)(H,32,34)(H,35,36). The van der Waals surface area contributed by atoms with Crippen LogP contribution in [0.15, 0.2) is 60.9 Å². The minimum atomic E-state index is -1.24. The Bertz CT molecular complexity index is 1330. The average molecular weight is 488 g/mol. The number of aromatic carboxylic acids is 1. The Morgan fingerprint density at radius 3 is 2.17 bits per heavy atom. The summed E-state index contributed by atoms with van der Waals surface area (Å²) in [7, 11) is 0. The molecule has 0 radical (unpaired) electrons. The number of nitrogen functional groups attached to an aromatic ring is 1. The second-order valence-electron chi connectivity index (χ2n) is 9.49. The molecular formula is C27H29N5O4. The lowest BCUT2D eigenvalue weighted by atomic mass is 9.88. The van der Waals surface area contributed by atoms with Gasteiger partial charge in [-0.15, -0.1) is 0 Å². The summed E-state index contributed by atoms with van der Waals surface area (Å²) < 4.78 is 0. The molecule has 0 fully saturated rings. The zero-order valence-electron chi connectivity index (χ0n) is 20.5. The van der Waals surface area contributed by atoms with E-state index in [0.717, 1.165) is 0 Å². The number of nitrogens with one attached hydrogen (secondary N) is 3. The average Bonchev–Trinajstić information content (AvgIpc) is 2.83. The van der Waals surface area contributed by atoms with Crippen molar-refractivity contribution >= 4 is 29.3 Å². The van der Waals surface area contributed by atoms with Gasteiger partial charge >= 0.3 is 5.97 Å². The molecule has 0 aliphatic rings. The quantitative estimate of drug-likeness (QED) is 0.249. The Morgan fingerprint density at radius 1 is 0.944 bits per heavy atom. The highest BCUT2D eigenvalue weighted by molar-refractivity contribution is 6.11. The Morgan fingerprint density at radius 2 is 1.58 bits per heavy atom. The van der Waals surface area contributed by atoms with E-state index in [2.05, 4.69) is 15.6 Å². The van der Waals surface area contributed by atoms with Gasteiger partial charge in [0.15, 0.2) is 0 Å². The van der Waals surface area contributed by atoms with E-state index in [0.29, 0.717) is 16.8 Å². The molecule has 0 saturated carbocycles. The largest absolute Gasteiger partial charge is 0.478 e. The predicted molar refractivity (Wildman–Crippen MR) is 138 cm³/mol. The highest BCUT2D eigenvalue weighted by Gasteiger charge is 2.24. The second-order valence-corrected chi connectivity index (χ2v) is 9.49. The molecule has 3 aromatic rings. The summed E-state index contributed by atoms with van der Waals surface area (Å²) >= 11 is 0. The smallest absolute Gasteiger partial charge is 0.336 e. The number of carboxylic acid groups (broad SMARTS) is 1. The summed E-state index contributed by atoms with van der Waals surface area (Å²) in [6.07, 6.45) is 2.85. The zero-order valence-corrected chi connectivity index (χ0v) is 20.5. The van der Waals surface area contributed by atoms with Gasteiger partial charge in [0, 0.05) is 40.8 Å². The van der Waals surface area contributed by atoms with Crippen molar-refractivity contribution in [3.8, 4) is 11.1 Å². The number of nitrogens with two attached hydrogens (primary N) is 1. The number of amidine groups is 1. The number of amides is 2. The highest BCUT2D eigenvalue weighted by atomic mass is 16.4. The topological polar surface area (TPSA) is 158 Å². The van der Waals surface area contributed by atoms with Gasteiger partial charge in [-0.25, -0.2) is 4.79 Å². The highest BCUT2D eigenvalue weighted by Crippen LogP contribution is 2.29. The number of nitrogens with zero attached hydrogens (tertiary/aromatic N) is 1. The van der Waals surface area contributed by atoms with Crippen LogP contribution >= 0.6 is 0 Å². The molecule has 1 unspecified atom stereocenters. The number of carbonyl (C=O) groups excluding carboxylic acids is 2. The lowest BCUT2D eigenvalue weighted by Gasteiger charge is -2.28. The van der Waals surface area contributed by atoms with Crippen LogP contribution < -0.4 is 16.4 Å². The summed E-state index contributed by atoms with van der Waals surface area (Å²) in [6, 6.07) is 12.1. The molecule has 2 aromatic carbocycles. The van der Waals surface area contributed by atoms with E-state index in [1.54, 1.807) is 24.3 Å². The normalized spacial score (nSPS) is 11.9. The summed E-state index contributed by atoms with van der Waals surface area (Å²) in [5.74, 6) is -2.18. The van der Waals surface area contributed by atoms with Crippen molar-refractivity contribution in [2.24, 2.45) is 11.1 Å². The minimum absolute atomic E-state index is 0.0875. The fourth-order valence-electron chi connectivity index (χ4n) is 3.33. The molecule has 9 heteroatoms. The molecule has 0 aliphatic heterocycles. The van der Waals surface area contributed by atoms with Crippen LogP contribution in [0.2, 0.25) is 0 Å². The molecule has 1 aromatic heterocycles. The molecule has 0 spiro atoms. The van der Waals surface area contributed by atoms with Crippen LogP contribution in [0.5, 0.6) is 0 Å². The van der Waals surface area contributed by atoms with Crippen molar-refractivity contribution in [3.63, 3.8) is 0 Å². The first-order chi connectivity index (χ1) is 16.9. The lowest BCUT2D eigenvalue weighted by molar-refractivity contribution is 0.0697. The van der Waals surface area contributed by atoms with E-state index in [9.17, 15) is 19.5 Å². The summed E-state index contributed by atoms with van der Waals surface area (Å²) in [6.45, 7) is 7.88. The number of anilines is 1. The number of aromatic nitrogens is 1. The number of rotatable bonds is 7. The van der Waals surface area contributed by atoms with Gasteiger partial charge in [-0.3, -0.25) is 20.0 Å². The number of hydrogen-bond acceptors (Lipinski definition) is 5. The fourth-order valence-corrected chi connectivity index (χ4v) is 3.33. The van der Waals surface area contributed by atoms with E-state index in [1.165, 1.54) is 36.7 Å². The molecule has 36 heavy (non-hydrogen) atoms. The van der Waals surface area contributed by atoms with E-state index in [1.807, 2.05) is 27.7 Å². The van der Waals surface area contributed by atoms with Gasteiger partial charge < -0.3 is 21.5 Å². The van der Waals surface area contributed by atoms with Crippen molar-refractivity contribution in [3.05, 3.63) is 83.2 Å². The van der Waals surface area contributed by atoms with Crippen molar-refractivity contribution in [1.82, 2.24) is 10.3 Å². The molecule has 0 aliphatic carbocycles. The van der Waals surface area contributed by atoms with Crippen LogP contribution in [0.3, 0.4) is 0 Å². The Balaban J connectivity index is 1.95. The van der Waals surface area contributed by atoms with Crippen LogP contribution in [0, 0.1) is 10.8 Å². The van der Waals surface area contributed by atoms with E-state index in [4.69, 9.17) is 11.1 Å². The SMILES string of the molecule is CC(NC(=O)c1ccc(-c2cnccc2C(=O)Nc2ccc(C(=N)N)cc2)c(C(=O)O)c1)C(C)(C)C. The fraction of sp³-hybridized carbons (Fsp3) is 0.222. The first-order valence-corrected chi connectivity index (χ1v) is 11.3. The van der Waals surface area contributed by atoms with Crippen LogP contribution in [-0.2, 0) is 0 Å². The molecule has 3 rings (SSSR count). The molecule has 6 N–H and O–H groups in total. The van der Waals surface area contributed by atoms with Gasteiger partial charge in [-0.1, -0.05) is 26.8 Å². The summed E-state index contributed by atoms with van der Waals surface area (Å²) in [5, 5.41) is 23.0. The van der Waals surface area contributed by atoms with Crippen LogP contribution in [0.25, 0.3) is 11.1 Å². The van der Waals surface area contributed by atoms with E-state index >= 15 is 0 Å². The van der Waals surface area contributed by atoms with Gasteiger partial charge in [-0.05, 0) is 60.4 Å². The lowest BCUT2D eigenvalue weighted by Crippen LogP contribution is -2.41. The first-order valence-electron chi connectivity index (χ1n) is 11.3. The van der Waals surface area contributed by atoms with Crippen molar-refractivity contribution in [1.29, 1.82) is 5.41 Å². The predicted octanol–water partition coefficient (Wildman–Crippen LogP) is 4.15. The summed E-state index contributed by atoms with van der Waals surface area (Å²) in [5.41, 5.74) is 7.14. The van der Waals surface area contributed by atoms with Crippen LogP contribution in [0.4, 0.5) is 5.69 Å². The number of carboxylic acids is 1. The number of pyridine rings is 1. The molecule has 0 saturated heterocycles. The van der Waals surface area contributed by atoms with Gasteiger partial charge in [0.05, 0.1) is 11.1 Å². The van der Waals surface area contributed by atoms with Crippen molar-refractivity contribution in [2.75, 3.05) is 5.32 Å². The maximum atomic E-state index is 13.1. The van der Waals surface area contributed by atoms with E-state index < -0.39 is 11.9 Å². The molecule has 2 amide bonds. The molecule has 1 atom stereocenters. The Kier molecular flexibility index (Phi) is 7.53. The zero-order chi connectivity index (χ0) is 26.6. The Labute approximate surface area is 209 Å². The molecule has 9 nitrogen and oxygen atoms in total. The third-order valence-corrected chi connectivity index (χ3v) is 5.97. The number of hydrogen-bond donors (Lipinski definition) is 5. The number of carbonyl (C=O) groups is 3. The van der Waals surface area contributed by atoms with Gasteiger partial charge in [0.1, 0.15) is 5.84 Å². The second kappa shape index (κ2) is 10.4. The first kappa shape index (κ1) is 26.1. The van der Waals surface area contributed by atoms with Crippen LogP contribution in [0.1, 0.15) is 64.3 Å². The third kappa shape index (κ3) is 5.93. The summed E-state index contributed by atoms with van der Waals surface area (Å²) in [4.78, 5) is 42.1. The van der Waals surface area contributed by atoms with Gasteiger partial charge in [0.2, 0.25) is 0 Å². The molecular weight excluding hydrogens is 458 g/mol. The molecule has 1 heterocycles.